The minimum atomic E-state index is 0.564. The molecule has 62 heavy (non-hydrogen) atoms. The monoisotopic (exact) mass is 791 g/mol. The van der Waals surface area contributed by atoms with E-state index in [9.17, 15) is 0 Å². The molecule has 0 N–H and O–H groups in total. The van der Waals surface area contributed by atoms with Crippen LogP contribution in [0.25, 0.3) is 111 Å². The molecule has 12 aromatic rings. The average molecular weight is 792 g/mol. The summed E-state index contributed by atoms with van der Waals surface area (Å²) in [5, 5.41) is 4.64. The molecule has 0 spiro atoms. The maximum Gasteiger partial charge on any atom is 0.238 e. The molecule has 0 saturated carbocycles. The molecule has 0 aliphatic rings. The highest BCUT2D eigenvalue weighted by molar-refractivity contribution is 6.29. The highest BCUT2D eigenvalue weighted by Crippen LogP contribution is 2.45. The molecule has 0 aliphatic heterocycles. The van der Waals surface area contributed by atoms with Crippen molar-refractivity contribution in [2.75, 3.05) is 0 Å². The predicted octanol–water partition coefficient (Wildman–Crippen LogP) is 14.4. The Balaban J connectivity index is 1.16. The van der Waals surface area contributed by atoms with Gasteiger partial charge in [0, 0.05) is 43.8 Å². The van der Waals surface area contributed by atoms with E-state index in [1.165, 1.54) is 21.9 Å². The maximum absolute atomic E-state index is 5.33. The second kappa shape index (κ2) is 14.7. The number of benzene rings is 9. The minimum Gasteiger partial charge on any atom is -0.308 e. The Morgan fingerprint density at radius 3 is 1.27 bits per heavy atom. The summed E-state index contributed by atoms with van der Waals surface area (Å²) in [6.45, 7) is 0. The van der Waals surface area contributed by atoms with E-state index in [-0.39, 0.29) is 0 Å². The van der Waals surface area contributed by atoms with Crippen molar-refractivity contribution in [2.24, 2.45) is 0 Å². The van der Waals surface area contributed by atoms with Gasteiger partial charge in [-0.3, -0.25) is 4.57 Å². The van der Waals surface area contributed by atoms with Gasteiger partial charge in [-0.05, 0) is 52.6 Å². The molecule has 0 fully saturated rings. The number of para-hydroxylation sites is 3. The summed E-state index contributed by atoms with van der Waals surface area (Å²) < 4.78 is 4.71. The van der Waals surface area contributed by atoms with Crippen LogP contribution in [0.2, 0.25) is 0 Å². The summed E-state index contributed by atoms with van der Waals surface area (Å²) >= 11 is 0. The van der Waals surface area contributed by atoms with Gasteiger partial charge in [0.15, 0.2) is 11.6 Å². The second-order valence-electron chi connectivity index (χ2n) is 15.6. The molecular formula is C57H37N5. The lowest BCUT2D eigenvalue weighted by Gasteiger charge is -2.19. The van der Waals surface area contributed by atoms with Crippen molar-refractivity contribution in [3.05, 3.63) is 224 Å². The number of hydrogen-bond donors (Lipinski definition) is 0. The Morgan fingerprint density at radius 2 is 0.694 bits per heavy atom. The quantitative estimate of drug-likeness (QED) is 0.162. The fourth-order valence-electron chi connectivity index (χ4n) is 9.24. The van der Waals surface area contributed by atoms with Gasteiger partial charge in [-0.1, -0.05) is 194 Å². The number of hydrogen-bond acceptors (Lipinski definition) is 3. The fraction of sp³-hybridized carbons (Fsp3) is 0. The molecule has 0 saturated heterocycles. The third kappa shape index (κ3) is 5.82. The first-order valence-corrected chi connectivity index (χ1v) is 21.0. The van der Waals surface area contributed by atoms with Crippen molar-refractivity contribution in [1.82, 2.24) is 24.1 Å². The van der Waals surface area contributed by atoms with Crippen LogP contribution in [0.1, 0.15) is 0 Å². The van der Waals surface area contributed by atoms with E-state index in [2.05, 4.69) is 209 Å². The first-order chi connectivity index (χ1) is 30.8. The van der Waals surface area contributed by atoms with E-state index < -0.39 is 0 Å². The summed E-state index contributed by atoms with van der Waals surface area (Å²) in [5.74, 6) is 1.79. The Bertz CT molecular complexity index is 3550. The summed E-state index contributed by atoms with van der Waals surface area (Å²) in [5.41, 5.74) is 14.2. The number of fused-ring (bicyclic) bond motifs is 7. The Labute approximate surface area is 358 Å². The van der Waals surface area contributed by atoms with Crippen molar-refractivity contribution < 1.29 is 0 Å². The molecule has 5 nitrogen and oxygen atoms in total. The van der Waals surface area contributed by atoms with Crippen LogP contribution in [0.15, 0.2) is 224 Å². The van der Waals surface area contributed by atoms with E-state index in [0.29, 0.717) is 17.6 Å². The molecular weight excluding hydrogens is 755 g/mol. The second-order valence-corrected chi connectivity index (χ2v) is 15.6. The van der Waals surface area contributed by atoms with Gasteiger partial charge < -0.3 is 4.57 Å². The van der Waals surface area contributed by atoms with E-state index in [4.69, 9.17) is 15.0 Å². The fourth-order valence-corrected chi connectivity index (χ4v) is 9.24. The van der Waals surface area contributed by atoms with E-state index in [1.807, 2.05) is 24.3 Å². The molecule has 9 aromatic carbocycles. The summed E-state index contributed by atoms with van der Waals surface area (Å²) in [7, 11) is 0. The topological polar surface area (TPSA) is 48.5 Å². The first kappa shape index (κ1) is 35.5. The van der Waals surface area contributed by atoms with Crippen molar-refractivity contribution in [3.8, 4) is 67.8 Å². The average Bonchev–Trinajstić information content (AvgIpc) is 3.87. The third-order valence-corrected chi connectivity index (χ3v) is 12.0. The molecule has 3 aromatic heterocycles. The molecule has 0 unspecified atom stereocenters. The summed E-state index contributed by atoms with van der Waals surface area (Å²) in [4.78, 5) is 15.7. The summed E-state index contributed by atoms with van der Waals surface area (Å²) in [6, 6.07) is 79.2. The van der Waals surface area contributed by atoms with Gasteiger partial charge in [-0.25, -0.2) is 4.98 Å². The largest absolute Gasteiger partial charge is 0.308 e. The van der Waals surface area contributed by atoms with E-state index in [0.717, 1.165) is 71.9 Å². The molecule has 0 aliphatic carbocycles. The van der Waals surface area contributed by atoms with E-state index in [1.54, 1.807) is 0 Å². The Hall–Kier alpha value is -8.41. The zero-order chi connectivity index (χ0) is 41.0. The molecule has 0 radical (unpaired) electrons. The van der Waals surface area contributed by atoms with Crippen LogP contribution in [0.3, 0.4) is 0 Å². The standard InChI is InChI=1S/C57H37N5/c1-5-19-38(20-6-1)42-27-17-28-43(37-42)56-58-55(41-25-11-4-12-26-41)59-57(60-56)62-49-34-16-14-30-47(49)53-51(62)36-35-50-52(53)46-29-13-15-33-48(46)61(50)54-44(39-21-7-2-8-22-39)31-18-32-45(54)40-23-9-3-10-24-40/h1-37H. The zero-order valence-corrected chi connectivity index (χ0v) is 33.6. The smallest absolute Gasteiger partial charge is 0.238 e. The molecule has 0 atom stereocenters. The lowest BCUT2D eigenvalue weighted by Crippen LogP contribution is -2.06. The van der Waals surface area contributed by atoms with Crippen LogP contribution in [0, 0.1) is 0 Å². The van der Waals surface area contributed by atoms with E-state index >= 15 is 0 Å². The van der Waals surface area contributed by atoms with Gasteiger partial charge in [0.2, 0.25) is 5.95 Å². The highest BCUT2D eigenvalue weighted by atomic mass is 15.2. The molecule has 12 rings (SSSR count). The molecule has 3 heterocycles. The lowest BCUT2D eigenvalue weighted by atomic mass is 9.95. The number of aromatic nitrogens is 5. The first-order valence-electron chi connectivity index (χ1n) is 21.0. The number of nitrogens with zero attached hydrogens (tertiary/aromatic N) is 5. The van der Waals surface area contributed by atoms with Crippen LogP contribution < -0.4 is 0 Å². The Kier molecular flexibility index (Phi) is 8.42. The van der Waals surface area contributed by atoms with Crippen LogP contribution in [0.4, 0.5) is 0 Å². The molecule has 290 valence electrons. The number of rotatable bonds is 7. The van der Waals surface area contributed by atoms with Crippen molar-refractivity contribution in [1.29, 1.82) is 0 Å². The molecule has 0 bridgehead atoms. The molecule has 5 heteroatoms. The predicted molar refractivity (Wildman–Crippen MR) is 256 cm³/mol. The van der Waals surface area contributed by atoms with Crippen LogP contribution in [-0.4, -0.2) is 24.1 Å². The van der Waals surface area contributed by atoms with Crippen LogP contribution in [0.5, 0.6) is 0 Å². The molecule has 0 amide bonds. The zero-order valence-electron chi connectivity index (χ0n) is 33.6. The van der Waals surface area contributed by atoms with Gasteiger partial charge >= 0.3 is 0 Å². The highest BCUT2D eigenvalue weighted by Gasteiger charge is 2.25. The van der Waals surface area contributed by atoms with Gasteiger partial charge in [0.1, 0.15) is 0 Å². The van der Waals surface area contributed by atoms with Crippen molar-refractivity contribution >= 4 is 43.6 Å². The Morgan fingerprint density at radius 1 is 0.274 bits per heavy atom. The normalized spacial score (nSPS) is 11.5. The van der Waals surface area contributed by atoms with Gasteiger partial charge in [0.05, 0.1) is 27.8 Å². The SMILES string of the molecule is c1ccc(-c2cccc(-c3nc(-c4ccccc4)nc(-n4c5ccccc5c5c6c7ccccc7n(-c7c(-c8ccccc8)cccc7-c7ccccc7)c6ccc54)n3)c2)cc1. The van der Waals surface area contributed by atoms with Crippen LogP contribution >= 0.6 is 0 Å². The van der Waals surface area contributed by atoms with Gasteiger partial charge in [-0.15, -0.1) is 0 Å². The lowest BCUT2D eigenvalue weighted by molar-refractivity contribution is 0.953. The van der Waals surface area contributed by atoms with Crippen molar-refractivity contribution in [3.63, 3.8) is 0 Å². The van der Waals surface area contributed by atoms with Crippen molar-refractivity contribution in [2.45, 2.75) is 0 Å². The van der Waals surface area contributed by atoms with Gasteiger partial charge in [0.25, 0.3) is 0 Å². The summed E-state index contributed by atoms with van der Waals surface area (Å²) in [6.07, 6.45) is 0. The van der Waals surface area contributed by atoms with Crippen LogP contribution in [-0.2, 0) is 0 Å². The van der Waals surface area contributed by atoms with Gasteiger partial charge in [-0.2, -0.15) is 9.97 Å². The third-order valence-electron chi connectivity index (χ3n) is 12.0. The minimum absolute atomic E-state index is 0.564. The maximum atomic E-state index is 5.33.